The maximum absolute atomic E-state index is 11.4. The topological polar surface area (TPSA) is 68.7 Å². The number of carbonyl (C=O) groups is 2. The molecule has 0 N–H and O–H groups in total. The van der Waals surface area contributed by atoms with Gasteiger partial charge in [-0.25, -0.2) is 9.78 Å². The van der Waals surface area contributed by atoms with Gasteiger partial charge in [-0.1, -0.05) is 0 Å². The van der Waals surface area contributed by atoms with E-state index in [9.17, 15) is 9.59 Å². The predicted octanol–water partition coefficient (Wildman–Crippen LogP) is 0.223. The molecule has 1 aliphatic rings. The van der Waals surface area contributed by atoms with Gasteiger partial charge in [0, 0.05) is 13.2 Å². The molecule has 0 saturated heterocycles. The van der Waals surface area contributed by atoms with Gasteiger partial charge in [-0.05, 0) is 6.07 Å². The van der Waals surface area contributed by atoms with Crippen molar-refractivity contribution in [3.05, 3.63) is 17.8 Å². The Morgan fingerprint density at radius 2 is 2.38 bits per heavy atom. The van der Waals surface area contributed by atoms with Crippen LogP contribution in [-0.2, 0) is 9.53 Å². The van der Waals surface area contributed by atoms with E-state index in [1.54, 1.807) is 7.05 Å². The van der Waals surface area contributed by atoms with E-state index in [-0.39, 0.29) is 18.1 Å². The first-order valence-electron chi connectivity index (χ1n) is 4.61. The molecule has 84 valence electrons. The van der Waals surface area contributed by atoms with Gasteiger partial charge in [0.05, 0.1) is 12.7 Å². The largest absolute Gasteiger partial charge is 0.466 e. The predicted molar refractivity (Wildman–Crippen MR) is 54.5 cm³/mol. The minimum absolute atomic E-state index is 0.0337. The molecule has 0 atom stereocenters. The zero-order chi connectivity index (χ0) is 11.7. The third kappa shape index (κ3) is 1.58. The van der Waals surface area contributed by atoms with E-state index in [2.05, 4.69) is 9.72 Å². The summed E-state index contributed by atoms with van der Waals surface area (Å²) in [5.41, 5.74) is 0.755. The van der Waals surface area contributed by atoms with Gasteiger partial charge in [-0.15, -0.1) is 0 Å². The van der Waals surface area contributed by atoms with Crippen LogP contribution in [-0.4, -0.2) is 37.6 Å². The highest BCUT2D eigenvalue weighted by Crippen LogP contribution is 2.29. The summed E-state index contributed by atoms with van der Waals surface area (Å²) < 4.78 is 9.69. The smallest absolute Gasteiger partial charge is 0.339 e. The van der Waals surface area contributed by atoms with Crippen LogP contribution in [0.15, 0.2) is 12.3 Å². The van der Waals surface area contributed by atoms with E-state index in [0.717, 1.165) is 0 Å². The average Bonchev–Trinajstić information content (AvgIpc) is 2.32. The van der Waals surface area contributed by atoms with Crippen LogP contribution in [0.5, 0.6) is 5.88 Å². The molecule has 2 rings (SSSR count). The Morgan fingerprint density at radius 1 is 1.62 bits per heavy atom. The Hall–Kier alpha value is -2.11. The van der Waals surface area contributed by atoms with Gasteiger partial charge >= 0.3 is 5.97 Å². The number of nitrogens with zero attached hydrogens (tertiary/aromatic N) is 2. The summed E-state index contributed by atoms with van der Waals surface area (Å²) in [5, 5.41) is 0. The third-order valence-corrected chi connectivity index (χ3v) is 2.32. The van der Waals surface area contributed by atoms with Crippen molar-refractivity contribution in [3.8, 4) is 5.88 Å². The van der Waals surface area contributed by atoms with Crippen molar-refractivity contribution in [2.45, 2.75) is 0 Å². The molecule has 1 aliphatic heterocycles. The maximum atomic E-state index is 11.4. The van der Waals surface area contributed by atoms with Crippen LogP contribution >= 0.6 is 0 Å². The fourth-order valence-corrected chi connectivity index (χ4v) is 1.38. The second-order valence-corrected chi connectivity index (χ2v) is 3.28. The first-order chi connectivity index (χ1) is 7.63. The van der Waals surface area contributed by atoms with Crippen molar-refractivity contribution in [2.24, 2.45) is 0 Å². The average molecular weight is 222 g/mol. The lowest BCUT2D eigenvalue weighted by Gasteiger charge is -2.24. The number of amides is 1. The number of aromatic nitrogens is 1. The summed E-state index contributed by atoms with van der Waals surface area (Å²) in [6.07, 6.45) is 1.36. The summed E-state index contributed by atoms with van der Waals surface area (Å²) in [6.45, 7) is -0.0337. The molecule has 0 radical (unpaired) electrons. The molecular weight excluding hydrogens is 212 g/mol. The number of hydrogen-bond donors (Lipinski definition) is 0. The zero-order valence-corrected chi connectivity index (χ0v) is 8.89. The molecule has 0 aliphatic carbocycles. The number of pyridine rings is 1. The lowest BCUT2D eigenvalue weighted by molar-refractivity contribution is -0.121. The van der Waals surface area contributed by atoms with Gasteiger partial charge in [0.15, 0.2) is 6.61 Å². The van der Waals surface area contributed by atoms with Crippen LogP contribution in [0.25, 0.3) is 0 Å². The Labute approximate surface area is 91.8 Å². The second-order valence-electron chi connectivity index (χ2n) is 3.28. The van der Waals surface area contributed by atoms with Gasteiger partial charge in [0.2, 0.25) is 5.88 Å². The third-order valence-electron chi connectivity index (χ3n) is 2.32. The molecule has 0 bridgehead atoms. The Kier molecular flexibility index (Phi) is 2.47. The minimum Gasteiger partial charge on any atom is -0.466 e. The molecular formula is C10H10N2O4. The number of esters is 1. The number of likely N-dealkylation sites (N-methyl/N-ethyl adjacent to an activating group) is 1. The highest BCUT2D eigenvalue weighted by molar-refractivity contribution is 5.98. The first-order valence-corrected chi connectivity index (χ1v) is 4.61. The summed E-state index contributed by atoms with van der Waals surface area (Å²) in [7, 11) is 2.89. The van der Waals surface area contributed by atoms with Gasteiger partial charge in [-0.2, -0.15) is 0 Å². The fourth-order valence-electron chi connectivity index (χ4n) is 1.38. The SMILES string of the molecule is COC(=O)c1cnc2c(c1)N(C)C(=O)CO2. The Morgan fingerprint density at radius 3 is 3.06 bits per heavy atom. The van der Waals surface area contributed by atoms with E-state index in [4.69, 9.17) is 4.74 Å². The number of hydrogen-bond acceptors (Lipinski definition) is 5. The van der Waals surface area contributed by atoms with Crippen molar-refractivity contribution < 1.29 is 19.1 Å². The molecule has 0 aromatic carbocycles. The zero-order valence-electron chi connectivity index (χ0n) is 8.89. The fraction of sp³-hybridized carbons (Fsp3) is 0.300. The molecule has 0 unspecified atom stereocenters. The van der Waals surface area contributed by atoms with Crippen LogP contribution in [0.3, 0.4) is 0 Å². The normalized spacial score (nSPS) is 14.1. The lowest BCUT2D eigenvalue weighted by atomic mass is 10.2. The van der Waals surface area contributed by atoms with Crippen molar-refractivity contribution >= 4 is 17.6 Å². The number of anilines is 1. The summed E-state index contributed by atoms with van der Waals surface area (Å²) in [6, 6.07) is 1.52. The van der Waals surface area contributed by atoms with Crippen LogP contribution in [0, 0.1) is 0 Å². The van der Waals surface area contributed by atoms with E-state index in [0.29, 0.717) is 11.6 Å². The molecule has 0 spiro atoms. The number of rotatable bonds is 1. The maximum Gasteiger partial charge on any atom is 0.339 e. The molecule has 0 saturated carbocycles. The monoisotopic (exact) mass is 222 g/mol. The van der Waals surface area contributed by atoms with Crippen LogP contribution in [0.2, 0.25) is 0 Å². The van der Waals surface area contributed by atoms with Crippen LogP contribution in [0.4, 0.5) is 5.69 Å². The number of methoxy groups -OCH3 is 1. The van der Waals surface area contributed by atoms with Crippen LogP contribution in [0.1, 0.15) is 10.4 Å². The highest BCUT2D eigenvalue weighted by Gasteiger charge is 2.24. The standard InChI is InChI=1S/C10H10N2O4/c1-12-7-3-6(10(14)15-2)4-11-9(7)16-5-8(12)13/h3-4H,5H2,1-2H3. The van der Waals surface area contributed by atoms with Crippen LogP contribution < -0.4 is 9.64 Å². The quantitative estimate of drug-likeness (QED) is 0.636. The molecule has 1 amide bonds. The summed E-state index contributed by atoms with van der Waals surface area (Å²) >= 11 is 0. The van der Waals surface area contributed by atoms with Crippen molar-refractivity contribution in [1.82, 2.24) is 4.98 Å². The van der Waals surface area contributed by atoms with Gasteiger partial charge in [0.1, 0.15) is 5.69 Å². The molecule has 6 nitrogen and oxygen atoms in total. The van der Waals surface area contributed by atoms with Crippen molar-refractivity contribution in [1.29, 1.82) is 0 Å². The molecule has 16 heavy (non-hydrogen) atoms. The second kappa shape index (κ2) is 3.80. The van der Waals surface area contributed by atoms with Crippen molar-refractivity contribution in [3.63, 3.8) is 0 Å². The minimum atomic E-state index is -0.498. The summed E-state index contributed by atoms with van der Waals surface area (Å²) in [5.74, 6) is -0.340. The number of fused-ring (bicyclic) bond motifs is 1. The number of ether oxygens (including phenoxy) is 2. The van der Waals surface area contributed by atoms with Gasteiger partial charge in [-0.3, -0.25) is 4.79 Å². The van der Waals surface area contributed by atoms with Gasteiger partial charge < -0.3 is 14.4 Å². The molecule has 1 aromatic rings. The first kappa shape index (κ1) is 10.4. The molecule has 1 aromatic heterocycles. The van der Waals surface area contributed by atoms with Gasteiger partial charge in [0.25, 0.3) is 5.91 Å². The molecule has 0 fully saturated rings. The van der Waals surface area contributed by atoms with Crippen molar-refractivity contribution in [2.75, 3.05) is 25.7 Å². The highest BCUT2D eigenvalue weighted by atomic mass is 16.5. The number of carbonyl (C=O) groups excluding carboxylic acids is 2. The van der Waals surface area contributed by atoms with E-state index < -0.39 is 5.97 Å². The Bertz CT molecular complexity index is 458. The molecule has 6 heteroatoms. The molecule has 2 heterocycles. The van der Waals surface area contributed by atoms with E-state index in [1.165, 1.54) is 24.3 Å². The summed E-state index contributed by atoms with van der Waals surface area (Å²) in [4.78, 5) is 28.0. The Balaban J connectivity index is 2.44. The van der Waals surface area contributed by atoms with E-state index in [1.807, 2.05) is 0 Å². The lowest BCUT2D eigenvalue weighted by Crippen LogP contribution is -2.36. The van der Waals surface area contributed by atoms with E-state index >= 15 is 0 Å².